The molecular formula is C16H15O6P. The molecule has 3 aromatic carbocycles. The number of para-hydroxylation sites is 1. The second-order valence-corrected chi connectivity index (χ2v) is 5.71. The first kappa shape index (κ1) is 16.8. The minimum absolute atomic E-state index is 0.0481. The zero-order chi connectivity index (χ0) is 16.9. The second kappa shape index (κ2) is 7.15. The highest BCUT2D eigenvalue weighted by Gasteiger charge is 2.14. The molecular weight excluding hydrogens is 319 g/mol. The number of fused-ring (bicyclic) bond motifs is 1. The van der Waals surface area contributed by atoms with E-state index in [4.69, 9.17) is 14.9 Å². The van der Waals surface area contributed by atoms with Gasteiger partial charge >= 0.3 is 7.82 Å². The number of hydrogen-bond donors (Lipinski definition) is 4. The standard InChI is InChI=1S/C10H8O2.C6H7O4P/c11-9-6-5-7-3-1-2-4-8(7)10(9)12;7-11(8,9)10-6-4-2-1-3-5-6/h1-6,11-12H;1-5H,(H2,7,8,9). The lowest BCUT2D eigenvalue weighted by molar-refractivity contribution is 0.283. The average Bonchev–Trinajstić information content (AvgIpc) is 2.51. The number of phenols is 2. The smallest absolute Gasteiger partial charge is 0.504 e. The van der Waals surface area contributed by atoms with Crippen molar-refractivity contribution in [1.29, 1.82) is 0 Å². The van der Waals surface area contributed by atoms with E-state index in [1.165, 1.54) is 18.2 Å². The highest BCUT2D eigenvalue weighted by atomic mass is 31.2. The van der Waals surface area contributed by atoms with Crippen molar-refractivity contribution < 1.29 is 29.1 Å². The largest absolute Gasteiger partial charge is 0.524 e. The third kappa shape index (κ3) is 5.00. The molecule has 7 heteroatoms. The van der Waals surface area contributed by atoms with Crippen LogP contribution in [0.4, 0.5) is 0 Å². The Kier molecular flexibility index (Phi) is 5.24. The molecule has 0 aliphatic rings. The van der Waals surface area contributed by atoms with Crippen LogP contribution >= 0.6 is 7.82 Å². The van der Waals surface area contributed by atoms with Gasteiger partial charge in [-0.2, -0.15) is 0 Å². The molecule has 0 atom stereocenters. The summed E-state index contributed by atoms with van der Waals surface area (Å²) in [6.07, 6.45) is 0. The lowest BCUT2D eigenvalue weighted by Crippen LogP contribution is -1.88. The lowest BCUT2D eigenvalue weighted by Gasteiger charge is -2.04. The van der Waals surface area contributed by atoms with Gasteiger partial charge in [0.15, 0.2) is 11.5 Å². The fraction of sp³-hybridized carbons (Fsp3) is 0. The van der Waals surface area contributed by atoms with Gasteiger partial charge in [-0.3, -0.25) is 9.79 Å². The molecule has 0 aliphatic heterocycles. The Morgan fingerprint density at radius 1 is 0.783 bits per heavy atom. The summed E-state index contributed by atoms with van der Waals surface area (Å²) < 4.78 is 14.5. The fourth-order valence-electron chi connectivity index (χ4n) is 1.86. The maximum Gasteiger partial charge on any atom is 0.524 e. The molecule has 0 saturated carbocycles. The van der Waals surface area contributed by atoms with Crippen LogP contribution in [0.5, 0.6) is 17.2 Å². The molecule has 0 aromatic heterocycles. The highest BCUT2D eigenvalue weighted by Crippen LogP contribution is 2.37. The van der Waals surface area contributed by atoms with Crippen molar-refractivity contribution in [2.75, 3.05) is 0 Å². The number of aromatic hydroxyl groups is 2. The molecule has 3 aromatic rings. The van der Waals surface area contributed by atoms with Gasteiger partial charge < -0.3 is 14.7 Å². The molecule has 0 saturated heterocycles. The van der Waals surface area contributed by atoms with Gasteiger partial charge in [-0.25, -0.2) is 4.57 Å². The van der Waals surface area contributed by atoms with E-state index in [1.54, 1.807) is 30.3 Å². The first-order valence-electron chi connectivity index (χ1n) is 6.57. The van der Waals surface area contributed by atoms with Gasteiger partial charge in [0, 0.05) is 5.39 Å². The molecule has 4 N–H and O–H groups in total. The molecule has 3 rings (SSSR count). The van der Waals surface area contributed by atoms with Crippen LogP contribution in [0.15, 0.2) is 66.7 Å². The van der Waals surface area contributed by atoms with Crippen molar-refractivity contribution in [3.63, 3.8) is 0 Å². The Morgan fingerprint density at radius 3 is 2.04 bits per heavy atom. The van der Waals surface area contributed by atoms with E-state index in [1.807, 2.05) is 18.2 Å². The third-order valence-corrected chi connectivity index (χ3v) is 3.30. The molecule has 0 amide bonds. The molecule has 23 heavy (non-hydrogen) atoms. The molecule has 120 valence electrons. The summed E-state index contributed by atoms with van der Waals surface area (Å²) in [6.45, 7) is 0. The van der Waals surface area contributed by atoms with Crippen molar-refractivity contribution in [2.24, 2.45) is 0 Å². The van der Waals surface area contributed by atoms with Crippen LogP contribution < -0.4 is 4.52 Å². The maximum atomic E-state index is 10.3. The molecule has 0 fully saturated rings. The number of rotatable bonds is 2. The van der Waals surface area contributed by atoms with E-state index >= 15 is 0 Å². The number of benzene rings is 3. The quantitative estimate of drug-likeness (QED) is 0.423. The van der Waals surface area contributed by atoms with Crippen LogP contribution in [0.25, 0.3) is 10.8 Å². The summed E-state index contributed by atoms with van der Waals surface area (Å²) in [5, 5.41) is 20.2. The molecule has 0 unspecified atom stereocenters. The molecule has 0 radical (unpaired) electrons. The summed E-state index contributed by atoms with van der Waals surface area (Å²) in [7, 11) is -4.39. The van der Waals surface area contributed by atoms with Crippen LogP contribution in [-0.4, -0.2) is 20.0 Å². The Morgan fingerprint density at radius 2 is 1.39 bits per heavy atom. The number of phenolic OH excluding ortho intramolecular Hbond substituents is 2. The average molecular weight is 334 g/mol. The summed E-state index contributed by atoms with van der Waals surface area (Å²) >= 11 is 0. The normalized spacial score (nSPS) is 10.7. The molecule has 0 spiro atoms. The predicted octanol–water partition coefficient (Wildman–Crippen LogP) is 3.41. The molecule has 0 bridgehead atoms. The van der Waals surface area contributed by atoms with Gasteiger partial charge in [0.2, 0.25) is 0 Å². The topological polar surface area (TPSA) is 107 Å². The number of hydrogen-bond acceptors (Lipinski definition) is 4. The second-order valence-electron chi connectivity index (χ2n) is 4.55. The molecule has 0 aliphatic carbocycles. The van der Waals surface area contributed by atoms with Crippen LogP contribution in [0.1, 0.15) is 0 Å². The number of phosphoric acid groups is 1. The maximum absolute atomic E-state index is 10.3. The van der Waals surface area contributed by atoms with E-state index < -0.39 is 7.82 Å². The summed E-state index contributed by atoms with van der Waals surface area (Å²) in [4.78, 5) is 16.7. The highest BCUT2D eigenvalue weighted by molar-refractivity contribution is 7.46. The minimum atomic E-state index is -4.39. The van der Waals surface area contributed by atoms with Crippen molar-refractivity contribution >= 4 is 18.6 Å². The summed E-state index contributed by atoms with van der Waals surface area (Å²) in [5.74, 6) is 0.0441. The van der Waals surface area contributed by atoms with Crippen LogP contribution in [-0.2, 0) is 4.57 Å². The minimum Gasteiger partial charge on any atom is -0.504 e. The Bertz CT molecular complexity index is 828. The Hall–Kier alpha value is -2.53. The van der Waals surface area contributed by atoms with Crippen LogP contribution in [0, 0.1) is 0 Å². The van der Waals surface area contributed by atoms with Gasteiger partial charge in [0.1, 0.15) is 5.75 Å². The van der Waals surface area contributed by atoms with Gasteiger partial charge in [-0.1, -0.05) is 48.5 Å². The van der Waals surface area contributed by atoms with E-state index in [-0.39, 0.29) is 17.2 Å². The molecule has 0 heterocycles. The predicted molar refractivity (Wildman–Crippen MR) is 86.4 cm³/mol. The van der Waals surface area contributed by atoms with Gasteiger partial charge in [0.05, 0.1) is 0 Å². The zero-order valence-corrected chi connectivity index (χ0v) is 12.8. The van der Waals surface area contributed by atoms with Gasteiger partial charge in [-0.05, 0) is 23.6 Å². The third-order valence-electron chi connectivity index (χ3n) is 2.85. The van der Waals surface area contributed by atoms with E-state index in [0.717, 1.165) is 5.39 Å². The van der Waals surface area contributed by atoms with E-state index in [0.29, 0.717) is 5.39 Å². The van der Waals surface area contributed by atoms with Crippen molar-refractivity contribution in [2.45, 2.75) is 0 Å². The van der Waals surface area contributed by atoms with Crippen molar-refractivity contribution in [1.82, 2.24) is 0 Å². The van der Waals surface area contributed by atoms with E-state index in [2.05, 4.69) is 4.52 Å². The van der Waals surface area contributed by atoms with Crippen LogP contribution in [0.3, 0.4) is 0 Å². The fourth-order valence-corrected chi connectivity index (χ4v) is 2.26. The first-order chi connectivity index (χ1) is 10.9. The summed E-state index contributed by atoms with van der Waals surface area (Å²) in [5.41, 5.74) is 0. The lowest BCUT2D eigenvalue weighted by atomic mass is 10.1. The zero-order valence-electron chi connectivity index (χ0n) is 11.9. The van der Waals surface area contributed by atoms with Crippen molar-refractivity contribution in [3.05, 3.63) is 66.7 Å². The SMILES string of the molecule is O=P(O)(O)Oc1ccccc1.Oc1ccc2ccccc2c1O. The van der Waals surface area contributed by atoms with Gasteiger partial charge in [0.25, 0.3) is 0 Å². The van der Waals surface area contributed by atoms with Crippen molar-refractivity contribution in [3.8, 4) is 17.2 Å². The van der Waals surface area contributed by atoms with Crippen LogP contribution in [0.2, 0.25) is 0 Å². The molecule has 6 nitrogen and oxygen atoms in total. The number of phosphoric ester groups is 1. The summed E-state index contributed by atoms with van der Waals surface area (Å²) in [6, 6.07) is 18.5. The Labute approximate surface area is 132 Å². The van der Waals surface area contributed by atoms with Gasteiger partial charge in [-0.15, -0.1) is 0 Å². The monoisotopic (exact) mass is 334 g/mol. The first-order valence-corrected chi connectivity index (χ1v) is 8.10. The van der Waals surface area contributed by atoms with E-state index in [9.17, 15) is 9.67 Å². The Balaban J connectivity index is 0.000000168.